The van der Waals surface area contributed by atoms with Gasteiger partial charge in [-0.3, -0.25) is 9.59 Å². The highest BCUT2D eigenvalue weighted by atomic mass is 16.3. The van der Waals surface area contributed by atoms with Crippen LogP contribution >= 0.6 is 0 Å². The maximum atomic E-state index is 12.3. The summed E-state index contributed by atoms with van der Waals surface area (Å²) in [7, 11) is 0. The van der Waals surface area contributed by atoms with Gasteiger partial charge in [0.05, 0.1) is 5.60 Å². The lowest BCUT2D eigenvalue weighted by Crippen LogP contribution is -2.41. The summed E-state index contributed by atoms with van der Waals surface area (Å²) in [4.78, 5) is 27.7. The Bertz CT molecular complexity index is 435. The molecule has 0 aromatic heterocycles. The number of hydrogen-bond acceptors (Lipinski definition) is 3. The molecule has 5 heteroatoms. The number of hydrogen-bond donors (Lipinski definition) is 1. The third-order valence-electron chi connectivity index (χ3n) is 5.45. The predicted molar refractivity (Wildman–Crippen MR) is 78.5 cm³/mol. The van der Waals surface area contributed by atoms with E-state index in [2.05, 4.69) is 0 Å². The Labute approximate surface area is 126 Å². The van der Waals surface area contributed by atoms with Gasteiger partial charge in [0.1, 0.15) is 0 Å². The molecule has 21 heavy (non-hydrogen) atoms. The lowest BCUT2D eigenvalue weighted by atomic mass is 9.88. The summed E-state index contributed by atoms with van der Waals surface area (Å²) < 4.78 is 0. The number of likely N-dealkylation sites (tertiary alicyclic amines) is 2. The predicted octanol–water partition coefficient (Wildman–Crippen LogP) is 1.01. The van der Waals surface area contributed by atoms with E-state index < -0.39 is 5.60 Å². The molecule has 2 amide bonds. The molecule has 3 aliphatic rings. The van der Waals surface area contributed by atoms with Crippen LogP contribution in [0.4, 0.5) is 0 Å². The SMILES string of the molecule is CC1CN(C(=O)CCN2CCCCC2=O)CC1(O)C1CC1. The van der Waals surface area contributed by atoms with Gasteiger partial charge in [0.25, 0.3) is 0 Å². The Kier molecular flexibility index (Phi) is 3.95. The summed E-state index contributed by atoms with van der Waals surface area (Å²) >= 11 is 0. The number of rotatable bonds is 4. The van der Waals surface area contributed by atoms with Crippen LogP contribution in [0.1, 0.15) is 45.4 Å². The number of piperidine rings is 1. The van der Waals surface area contributed by atoms with E-state index >= 15 is 0 Å². The summed E-state index contributed by atoms with van der Waals surface area (Å²) in [6.07, 6.45) is 5.20. The molecule has 2 saturated heterocycles. The first-order valence-corrected chi connectivity index (χ1v) is 8.28. The molecule has 2 atom stereocenters. The van der Waals surface area contributed by atoms with Gasteiger partial charge in [0.15, 0.2) is 0 Å². The van der Waals surface area contributed by atoms with E-state index in [0.29, 0.717) is 38.4 Å². The van der Waals surface area contributed by atoms with E-state index in [-0.39, 0.29) is 17.7 Å². The number of carbonyl (C=O) groups is 2. The van der Waals surface area contributed by atoms with E-state index in [1.807, 2.05) is 11.8 Å². The molecule has 0 aromatic carbocycles. The third-order valence-corrected chi connectivity index (χ3v) is 5.45. The van der Waals surface area contributed by atoms with Gasteiger partial charge in [-0.05, 0) is 31.6 Å². The molecule has 3 rings (SSSR count). The second-order valence-electron chi connectivity index (χ2n) is 7.03. The van der Waals surface area contributed by atoms with Crippen LogP contribution in [0.2, 0.25) is 0 Å². The second-order valence-corrected chi connectivity index (χ2v) is 7.03. The van der Waals surface area contributed by atoms with E-state index in [0.717, 1.165) is 32.2 Å². The fourth-order valence-electron chi connectivity index (χ4n) is 3.81. The van der Waals surface area contributed by atoms with Gasteiger partial charge in [-0.1, -0.05) is 6.92 Å². The molecule has 0 spiro atoms. The minimum atomic E-state index is -0.670. The third kappa shape index (κ3) is 2.93. The van der Waals surface area contributed by atoms with E-state index in [1.165, 1.54) is 0 Å². The summed E-state index contributed by atoms with van der Waals surface area (Å²) in [6, 6.07) is 0. The van der Waals surface area contributed by atoms with Gasteiger partial charge in [-0.15, -0.1) is 0 Å². The molecule has 1 saturated carbocycles. The van der Waals surface area contributed by atoms with Crippen LogP contribution < -0.4 is 0 Å². The van der Waals surface area contributed by atoms with Crippen LogP contribution in [-0.4, -0.2) is 58.5 Å². The minimum Gasteiger partial charge on any atom is -0.387 e. The molecule has 0 radical (unpaired) electrons. The number of amides is 2. The van der Waals surface area contributed by atoms with E-state index in [4.69, 9.17) is 0 Å². The molecule has 5 nitrogen and oxygen atoms in total. The lowest BCUT2D eigenvalue weighted by molar-refractivity contribution is -0.135. The van der Waals surface area contributed by atoms with Gasteiger partial charge >= 0.3 is 0 Å². The molecule has 0 bridgehead atoms. The van der Waals surface area contributed by atoms with Gasteiger partial charge in [0, 0.05) is 44.9 Å². The highest BCUT2D eigenvalue weighted by Crippen LogP contribution is 2.47. The maximum absolute atomic E-state index is 12.3. The molecule has 2 heterocycles. The summed E-state index contributed by atoms with van der Waals surface area (Å²) in [5.74, 6) is 0.801. The van der Waals surface area contributed by atoms with Crippen molar-refractivity contribution in [2.24, 2.45) is 11.8 Å². The monoisotopic (exact) mass is 294 g/mol. The topological polar surface area (TPSA) is 60.9 Å². The lowest BCUT2D eigenvalue weighted by Gasteiger charge is -2.28. The number of aliphatic hydroxyl groups is 1. The molecule has 0 aromatic rings. The zero-order valence-electron chi connectivity index (χ0n) is 12.9. The zero-order chi connectivity index (χ0) is 15.0. The van der Waals surface area contributed by atoms with Crippen molar-refractivity contribution in [1.29, 1.82) is 0 Å². The van der Waals surface area contributed by atoms with Crippen molar-refractivity contribution in [2.75, 3.05) is 26.2 Å². The number of carbonyl (C=O) groups excluding carboxylic acids is 2. The van der Waals surface area contributed by atoms with Crippen LogP contribution in [0.25, 0.3) is 0 Å². The smallest absolute Gasteiger partial charge is 0.224 e. The van der Waals surface area contributed by atoms with Crippen molar-refractivity contribution in [3.05, 3.63) is 0 Å². The summed E-state index contributed by atoms with van der Waals surface area (Å²) in [6.45, 7) is 4.49. The first kappa shape index (κ1) is 14.8. The van der Waals surface area contributed by atoms with Crippen molar-refractivity contribution >= 4 is 11.8 Å². The standard InChI is InChI=1S/C16H26N2O3/c1-12-10-18(11-16(12,21)13-5-6-13)15(20)7-9-17-8-3-2-4-14(17)19/h12-13,21H,2-11H2,1H3. The highest BCUT2D eigenvalue weighted by molar-refractivity contribution is 5.79. The van der Waals surface area contributed by atoms with E-state index in [9.17, 15) is 14.7 Å². The molecule has 3 fully saturated rings. The minimum absolute atomic E-state index is 0.0804. The van der Waals surface area contributed by atoms with Crippen LogP contribution in [-0.2, 0) is 9.59 Å². The van der Waals surface area contributed by atoms with Crippen LogP contribution in [0, 0.1) is 11.8 Å². The quantitative estimate of drug-likeness (QED) is 0.842. The Morgan fingerprint density at radius 2 is 2.14 bits per heavy atom. The van der Waals surface area contributed by atoms with Crippen LogP contribution in [0.15, 0.2) is 0 Å². The first-order chi connectivity index (χ1) is 10.0. The van der Waals surface area contributed by atoms with Gasteiger partial charge < -0.3 is 14.9 Å². The molecule has 1 N–H and O–H groups in total. The summed E-state index contributed by atoms with van der Waals surface area (Å²) in [5, 5.41) is 10.7. The van der Waals surface area contributed by atoms with Crippen LogP contribution in [0.3, 0.4) is 0 Å². The van der Waals surface area contributed by atoms with Crippen molar-refractivity contribution in [3.8, 4) is 0 Å². The average molecular weight is 294 g/mol. The Morgan fingerprint density at radius 3 is 2.81 bits per heavy atom. The van der Waals surface area contributed by atoms with Crippen molar-refractivity contribution < 1.29 is 14.7 Å². The van der Waals surface area contributed by atoms with Crippen molar-refractivity contribution in [3.63, 3.8) is 0 Å². The molecule has 2 unspecified atom stereocenters. The fourth-order valence-corrected chi connectivity index (χ4v) is 3.81. The van der Waals surface area contributed by atoms with Crippen molar-refractivity contribution in [1.82, 2.24) is 9.80 Å². The number of β-amino-alcohol motifs (C(OH)–C–C–N with tert-alkyl or cyclic N) is 1. The van der Waals surface area contributed by atoms with Gasteiger partial charge in [-0.2, -0.15) is 0 Å². The van der Waals surface area contributed by atoms with E-state index in [1.54, 1.807) is 4.90 Å². The molecule has 1 aliphatic carbocycles. The summed E-state index contributed by atoms with van der Waals surface area (Å²) in [5.41, 5.74) is -0.670. The number of nitrogens with zero attached hydrogens (tertiary/aromatic N) is 2. The van der Waals surface area contributed by atoms with Gasteiger partial charge in [0.2, 0.25) is 11.8 Å². The second kappa shape index (κ2) is 5.59. The largest absolute Gasteiger partial charge is 0.387 e. The average Bonchev–Trinajstić information content (AvgIpc) is 3.26. The molecular weight excluding hydrogens is 268 g/mol. The fraction of sp³-hybridized carbons (Fsp3) is 0.875. The molecule has 2 aliphatic heterocycles. The first-order valence-electron chi connectivity index (χ1n) is 8.28. The maximum Gasteiger partial charge on any atom is 0.224 e. The van der Waals surface area contributed by atoms with Gasteiger partial charge in [-0.25, -0.2) is 0 Å². The molecule has 118 valence electrons. The Morgan fingerprint density at radius 1 is 1.38 bits per heavy atom. The van der Waals surface area contributed by atoms with Crippen LogP contribution in [0.5, 0.6) is 0 Å². The molecular formula is C16H26N2O3. The highest BCUT2D eigenvalue weighted by Gasteiger charge is 2.53. The Hall–Kier alpha value is -1.10. The zero-order valence-corrected chi connectivity index (χ0v) is 12.9. The normalized spacial score (nSPS) is 33.6. The Balaban J connectivity index is 1.51. The van der Waals surface area contributed by atoms with Crippen molar-refractivity contribution in [2.45, 2.75) is 51.0 Å².